The highest BCUT2D eigenvalue weighted by Gasteiger charge is 2.25. The summed E-state index contributed by atoms with van der Waals surface area (Å²) in [5.74, 6) is 2.26. The first-order valence-corrected chi connectivity index (χ1v) is 6.21. The predicted molar refractivity (Wildman–Crippen MR) is 59.3 cm³/mol. The Hall–Kier alpha value is -0.870. The third kappa shape index (κ3) is 1.99. The molecule has 3 heterocycles. The number of ether oxygens (including phenoxy) is 1. The number of oxazole rings is 1. The molecule has 88 valence electrons. The van der Waals surface area contributed by atoms with E-state index in [1.807, 2.05) is 6.20 Å². The predicted octanol–water partition coefficient (Wildman–Crippen LogP) is 1.99. The van der Waals surface area contributed by atoms with E-state index in [4.69, 9.17) is 9.15 Å². The first-order valence-electron chi connectivity index (χ1n) is 6.21. The van der Waals surface area contributed by atoms with Crippen molar-refractivity contribution >= 4 is 0 Å². The molecule has 16 heavy (non-hydrogen) atoms. The third-order valence-corrected chi connectivity index (χ3v) is 3.45. The first kappa shape index (κ1) is 10.3. The van der Waals surface area contributed by atoms with Gasteiger partial charge in [-0.1, -0.05) is 0 Å². The van der Waals surface area contributed by atoms with Crippen LogP contribution in [0, 0.1) is 0 Å². The lowest BCUT2D eigenvalue weighted by Gasteiger charge is -2.20. The number of nitrogens with zero attached hydrogens (tertiary/aromatic N) is 1. The summed E-state index contributed by atoms with van der Waals surface area (Å²) in [4.78, 5) is 4.39. The lowest BCUT2D eigenvalue weighted by atomic mass is 10.1. The Labute approximate surface area is 95.4 Å². The summed E-state index contributed by atoms with van der Waals surface area (Å²) in [5.41, 5.74) is 0. The van der Waals surface area contributed by atoms with E-state index in [0.717, 1.165) is 44.2 Å². The SMILES string of the molecule is c1nc(C2CCNC2)oc1C1CCCCO1. The summed E-state index contributed by atoms with van der Waals surface area (Å²) in [6, 6.07) is 0. The van der Waals surface area contributed by atoms with E-state index in [2.05, 4.69) is 10.3 Å². The van der Waals surface area contributed by atoms with Crippen LogP contribution in [0.15, 0.2) is 10.6 Å². The second-order valence-corrected chi connectivity index (χ2v) is 4.65. The average Bonchev–Trinajstić information content (AvgIpc) is 3.01. The minimum atomic E-state index is 0.143. The van der Waals surface area contributed by atoms with Crippen LogP contribution < -0.4 is 5.32 Å². The van der Waals surface area contributed by atoms with E-state index < -0.39 is 0 Å². The van der Waals surface area contributed by atoms with Crippen molar-refractivity contribution in [1.82, 2.24) is 10.3 Å². The summed E-state index contributed by atoms with van der Waals surface area (Å²) in [6.07, 6.45) is 6.59. The molecular weight excluding hydrogens is 204 g/mol. The fourth-order valence-corrected chi connectivity index (χ4v) is 2.47. The molecule has 2 fully saturated rings. The van der Waals surface area contributed by atoms with Crippen molar-refractivity contribution in [3.63, 3.8) is 0 Å². The van der Waals surface area contributed by atoms with Crippen molar-refractivity contribution in [1.29, 1.82) is 0 Å². The van der Waals surface area contributed by atoms with Gasteiger partial charge in [0, 0.05) is 19.1 Å². The number of rotatable bonds is 2. The molecule has 3 rings (SSSR count). The van der Waals surface area contributed by atoms with Crippen LogP contribution in [0.3, 0.4) is 0 Å². The molecule has 1 N–H and O–H groups in total. The van der Waals surface area contributed by atoms with Gasteiger partial charge in [-0.05, 0) is 32.2 Å². The maximum atomic E-state index is 5.83. The van der Waals surface area contributed by atoms with Gasteiger partial charge >= 0.3 is 0 Å². The van der Waals surface area contributed by atoms with Crippen molar-refractivity contribution in [3.05, 3.63) is 17.8 Å². The minimum Gasteiger partial charge on any atom is -0.443 e. The quantitative estimate of drug-likeness (QED) is 0.831. The molecule has 0 aliphatic carbocycles. The Morgan fingerprint density at radius 1 is 1.31 bits per heavy atom. The van der Waals surface area contributed by atoms with Gasteiger partial charge in [-0.2, -0.15) is 0 Å². The molecule has 1 aromatic heterocycles. The van der Waals surface area contributed by atoms with Crippen LogP contribution in [0.25, 0.3) is 0 Å². The van der Waals surface area contributed by atoms with Gasteiger partial charge in [0.15, 0.2) is 11.7 Å². The molecule has 2 aliphatic rings. The minimum absolute atomic E-state index is 0.143. The fourth-order valence-electron chi connectivity index (χ4n) is 2.47. The number of hydrogen-bond donors (Lipinski definition) is 1. The summed E-state index contributed by atoms with van der Waals surface area (Å²) in [5, 5.41) is 3.33. The molecule has 0 bridgehead atoms. The molecule has 2 atom stereocenters. The van der Waals surface area contributed by atoms with Gasteiger partial charge in [0.25, 0.3) is 0 Å². The van der Waals surface area contributed by atoms with Crippen molar-refractivity contribution in [3.8, 4) is 0 Å². The van der Waals surface area contributed by atoms with Crippen molar-refractivity contribution in [2.45, 2.75) is 37.7 Å². The molecule has 0 radical (unpaired) electrons. The zero-order chi connectivity index (χ0) is 10.8. The van der Waals surface area contributed by atoms with E-state index in [1.54, 1.807) is 0 Å². The molecule has 1 aromatic rings. The zero-order valence-corrected chi connectivity index (χ0v) is 9.45. The van der Waals surface area contributed by atoms with Gasteiger partial charge in [0.05, 0.1) is 6.20 Å². The van der Waals surface area contributed by atoms with Gasteiger partial charge in [0.1, 0.15) is 6.10 Å². The summed E-state index contributed by atoms with van der Waals surface area (Å²) >= 11 is 0. The van der Waals surface area contributed by atoms with E-state index in [0.29, 0.717) is 5.92 Å². The van der Waals surface area contributed by atoms with Crippen LogP contribution in [0.2, 0.25) is 0 Å². The monoisotopic (exact) mass is 222 g/mol. The molecule has 2 unspecified atom stereocenters. The maximum Gasteiger partial charge on any atom is 0.198 e. The molecule has 2 saturated heterocycles. The van der Waals surface area contributed by atoms with Crippen molar-refractivity contribution < 1.29 is 9.15 Å². The second kappa shape index (κ2) is 4.55. The van der Waals surface area contributed by atoms with E-state index in [9.17, 15) is 0 Å². The van der Waals surface area contributed by atoms with Crippen LogP contribution in [0.4, 0.5) is 0 Å². The van der Waals surface area contributed by atoms with E-state index in [-0.39, 0.29) is 6.10 Å². The highest BCUT2D eigenvalue weighted by Crippen LogP contribution is 2.30. The standard InChI is InChI=1S/C12H18N2O2/c1-2-6-15-10(3-1)11-8-14-12(16-11)9-4-5-13-7-9/h8-10,13H,1-7H2. The Bertz CT molecular complexity index is 339. The van der Waals surface area contributed by atoms with Crippen LogP contribution >= 0.6 is 0 Å². The van der Waals surface area contributed by atoms with E-state index >= 15 is 0 Å². The fraction of sp³-hybridized carbons (Fsp3) is 0.750. The van der Waals surface area contributed by atoms with Gasteiger partial charge in [-0.15, -0.1) is 0 Å². The normalized spacial score (nSPS) is 30.8. The van der Waals surface area contributed by atoms with Gasteiger partial charge in [-0.3, -0.25) is 0 Å². The Morgan fingerprint density at radius 2 is 2.31 bits per heavy atom. The molecular formula is C12H18N2O2. The lowest BCUT2D eigenvalue weighted by molar-refractivity contribution is 0.00110. The molecule has 0 amide bonds. The maximum absolute atomic E-state index is 5.83. The largest absolute Gasteiger partial charge is 0.443 e. The third-order valence-electron chi connectivity index (χ3n) is 3.45. The highest BCUT2D eigenvalue weighted by atomic mass is 16.5. The Morgan fingerprint density at radius 3 is 3.06 bits per heavy atom. The summed E-state index contributed by atoms with van der Waals surface area (Å²) in [6.45, 7) is 2.92. The van der Waals surface area contributed by atoms with Crippen LogP contribution in [0.5, 0.6) is 0 Å². The Kier molecular flexibility index (Phi) is 2.93. The average molecular weight is 222 g/mol. The van der Waals surface area contributed by atoms with Crippen molar-refractivity contribution in [2.75, 3.05) is 19.7 Å². The van der Waals surface area contributed by atoms with Crippen molar-refractivity contribution in [2.24, 2.45) is 0 Å². The number of aromatic nitrogens is 1. The number of hydrogen-bond acceptors (Lipinski definition) is 4. The van der Waals surface area contributed by atoms with Gasteiger partial charge in [-0.25, -0.2) is 4.98 Å². The highest BCUT2D eigenvalue weighted by molar-refractivity contribution is 5.04. The smallest absolute Gasteiger partial charge is 0.198 e. The molecule has 0 aromatic carbocycles. The molecule has 0 spiro atoms. The van der Waals surface area contributed by atoms with Gasteiger partial charge in [0.2, 0.25) is 0 Å². The van der Waals surface area contributed by atoms with Crippen LogP contribution in [0.1, 0.15) is 49.4 Å². The second-order valence-electron chi connectivity index (χ2n) is 4.65. The lowest BCUT2D eigenvalue weighted by Crippen LogP contribution is -2.10. The van der Waals surface area contributed by atoms with Crippen LogP contribution in [-0.2, 0) is 4.74 Å². The summed E-state index contributed by atoms with van der Waals surface area (Å²) in [7, 11) is 0. The molecule has 4 heteroatoms. The molecule has 2 aliphatic heterocycles. The Balaban J connectivity index is 1.71. The van der Waals surface area contributed by atoms with Crippen LogP contribution in [-0.4, -0.2) is 24.7 Å². The molecule has 0 saturated carbocycles. The zero-order valence-electron chi connectivity index (χ0n) is 9.45. The summed E-state index contributed by atoms with van der Waals surface area (Å²) < 4.78 is 11.5. The van der Waals surface area contributed by atoms with Gasteiger partial charge < -0.3 is 14.5 Å². The van der Waals surface area contributed by atoms with E-state index in [1.165, 1.54) is 12.8 Å². The first-order chi connectivity index (χ1) is 7.93. The topological polar surface area (TPSA) is 47.3 Å². The number of nitrogens with one attached hydrogen (secondary N) is 1. The molecule has 4 nitrogen and oxygen atoms in total.